The van der Waals surface area contributed by atoms with E-state index in [2.05, 4.69) is 15.6 Å². The largest absolute Gasteiger partial charge is 0.374 e. The van der Waals surface area contributed by atoms with E-state index in [4.69, 9.17) is 0 Å². The van der Waals surface area contributed by atoms with Crippen molar-refractivity contribution in [1.82, 2.24) is 15.2 Å². The van der Waals surface area contributed by atoms with Gasteiger partial charge in [0.1, 0.15) is 11.7 Å². The molecule has 6 nitrogen and oxygen atoms in total. The van der Waals surface area contributed by atoms with Crippen LogP contribution >= 0.6 is 0 Å². The average molecular weight is 278 g/mol. The maximum atomic E-state index is 12.2. The summed E-state index contributed by atoms with van der Waals surface area (Å²) in [5.74, 6) is -0.218. The zero-order chi connectivity index (χ0) is 15.1. The Morgan fingerprint density at radius 3 is 2.55 bits per heavy atom. The van der Waals surface area contributed by atoms with Crippen LogP contribution in [0.3, 0.4) is 0 Å². The second-order valence-electron chi connectivity index (χ2n) is 4.39. The zero-order valence-electron chi connectivity index (χ0n) is 12.4. The molecule has 0 saturated carbocycles. The molecule has 6 heteroatoms. The molecule has 2 N–H and O–H groups in total. The molecule has 0 aliphatic rings. The van der Waals surface area contributed by atoms with Crippen molar-refractivity contribution in [3.8, 4) is 0 Å². The van der Waals surface area contributed by atoms with E-state index in [0.29, 0.717) is 24.5 Å². The first-order chi connectivity index (χ1) is 9.53. The molecule has 20 heavy (non-hydrogen) atoms. The molecule has 0 spiro atoms. The lowest BCUT2D eigenvalue weighted by Crippen LogP contribution is -2.41. The van der Waals surface area contributed by atoms with Gasteiger partial charge in [-0.3, -0.25) is 14.6 Å². The van der Waals surface area contributed by atoms with Gasteiger partial charge in [0.2, 0.25) is 5.91 Å². The second-order valence-corrected chi connectivity index (χ2v) is 4.39. The first-order valence-corrected chi connectivity index (χ1v) is 6.76. The monoisotopic (exact) mass is 278 g/mol. The SMILES string of the molecule is CCN(CC)C(=O)C(C)Nc1ccnc(C(=O)NC)c1. The number of anilines is 1. The number of nitrogens with one attached hydrogen (secondary N) is 2. The number of hydrogen-bond acceptors (Lipinski definition) is 4. The minimum atomic E-state index is -0.352. The number of pyridine rings is 1. The summed E-state index contributed by atoms with van der Waals surface area (Å²) in [5, 5.41) is 5.62. The molecule has 1 unspecified atom stereocenters. The zero-order valence-corrected chi connectivity index (χ0v) is 12.4. The van der Waals surface area contributed by atoms with E-state index in [-0.39, 0.29) is 17.9 Å². The van der Waals surface area contributed by atoms with Gasteiger partial charge < -0.3 is 15.5 Å². The van der Waals surface area contributed by atoms with E-state index < -0.39 is 0 Å². The lowest BCUT2D eigenvalue weighted by Gasteiger charge is -2.24. The molecule has 1 rings (SSSR count). The summed E-state index contributed by atoms with van der Waals surface area (Å²) in [6.45, 7) is 7.07. The van der Waals surface area contributed by atoms with E-state index in [1.807, 2.05) is 13.8 Å². The Kier molecular flexibility index (Phi) is 5.96. The quantitative estimate of drug-likeness (QED) is 0.817. The van der Waals surface area contributed by atoms with Gasteiger partial charge in [0.25, 0.3) is 5.91 Å². The van der Waals surface area contributed by atoms with Gasteiger partial charge in [-0.25, -0.2) is 0 Å². The predicted molar refractivity (Wildman–Crippen MR) is 78.6 cm³/mol. The third-order valence-corrected chi connectivity index (χ3v) is 3.05. The Morgan fingerprint density at radius 1 is 1.35 bits per heavy atom. The van der Waals surface area contributed by atoms with Crippen molar-refractivity contribution in [3.05, 3.63) is 24.0 Å². The van der Waals surface area contributed by atoms with Crippen molar-refractivity contribution in [3.63, 3.8) is 0 Å². The van der Waals surface area contributed by atoms with Crippen LogP contribution in [0.2, 0.25) is 0 Å². The van der Waals surface area contributed by atoms with Crippen LogP contribution in [0.1, 0.15) is 31.3 Å². The molecular formula is C14H22N4O2. The predicted octanol–water partition coefficient (Wildman–Crippen LogP) is 1.11. The smallest absolute Gasteiger partial charge is 0.269 e. The summed E-state index contributed by atoms with van der Waals surface area (Å²) < 4.78 is 0. The fourth-order valence-electron chi connectivity index (χ4n) is 1.89. The van der Waals surface area contributed by atoms with Crippen LogP contribution in [-0.2, 0) is 4.79 Å². The molecule has 0 bridgehead atoms. The van der Waals surface area contributed by atoms with E-state index >= 15 is 0 Å². The van der Waals surface area contributed by atoms with Gasteiger partial charge in [0.15, 0.2) is 0 Å². The maximum Gasteiger partial charge on any atom is 0.269 e. The topological polar surface area (TPSA) is 74.3 Å². The van der Waals surface area contributed by atoms with Gasteiger partial charge in [-0.1, -0.05) is 0 Å². The van der Waals surface area contributed by atoms with Crippen LogP contribution < -0.4 is 10.6 Å². The number of hydrogen-bond donors (Lipinski definition) is 2. The lowest BCUT2D eigenvalue weighted by atomic mass is 10.2. The van der Waals surface area contributed by atoms with Gasteiger partial charge in [0.05, 0.1) is 0 Å². The van der Waals surface area contributed by atoms with Gasteiger partial charge in [-0.05, 0) is 32.9 Å². The molecule has 1 heterocycles. The molecule has 0 radical (unpaired) electrons. The van der Waals surface area contributed by atoms with Crippen molar-refractivity contribution < 1.29 is 9.59 Å². The van der Waals surface area contributed by atoms with Gasteiger partial charge >= 0.3 is 0 Å². The van der Waals surface area contributed by atoms with E-state index in [1.54, 1.807) is 37.2 Å². The summed E-state index contributed by atoms with van der Waals surface area (Å²) in [6, 6.07) is 3.01. The fraction of sp³-hybridized carbons (Fsp3) is 0.500. The molecule has 0 saturated heterocycles. The van der Waals surface area contributed by atoms with E-state index in [1.165, 1.54) is 0 Å². The summed E-state index contributed by atoms with van der Waals surface area (Å²) in [4.78, 5) is 29.4. The summed E-state index contributed by atoms with van der Waals surface area (Å²) in [5.41, 5.74) is 1.02. The first-order valence-electron chi connectivity index (χ1n) is 6.76. The molecule has 1 aromatic rings. The number of carbonyl (C=O) groups is 2. The van der Waals surface area contributed by atoms with E-state index in [9.17, 15) is 9.59 Å². The van der Waals surface area contributed by atoms with Crippen LogP contribution in [0.15, 0.2) is 18.3 Å². The first kappa shape index (κ1) is 15.9. The number of rotatable bonds is 6. The summed E-state index contributed by atoms with van der Waals surface area (Å²) in [7, 11) is 1.55. The number of nitrogens with zero attached hydrogens (tertiary/aromatic N) is 2. The molecule has 0 aliphatic carbocycles. The molecule has 1 aromatic heterocycles. The Balaban J connectivity index is 2.78. The van der Waals surface area contributed by atoms with Gasteiger partial charge in [-0.2, -0.15) is 0 Å². The average Bonchev–Trinajstić information content (AvgIpc) is 2.47. The fourth-order valence-corrected chi connectivity index (χ4v) is 1.89. The lowest BCUT2D eigenvalue weighted by molar-refractivity contribution is -0.131. The highest BCUT2D eigenvalue weighted by Crippen LogP contribution is 2.10. The minimum absolute atomic E-state index is 0.0355. The van der Waals surface area contributed by atoms with Crippen molar-refractivity contribution in [2.24, 2.45) is 0 Å². The summed E-state index contributed by atoms with van der Waals surface area (Å²) in [6.07, 6.45) is 1.54. The van der Waals surface area contributed by atoms with Crippen LogP contribution in [0.5, 0.6) is 0 Å². The third-order valence-electron chi connectivity index (χ3n) is 3.05. The van der Waals surface area contributed by atoms with Gasteiger partial charge in [0, 0.05) is 32.0 Å². The Bertz CT molecular complexity index is 472. The second kappa shape index (κ2) is 7.47. The molecular weight excluding hydrogens is 256 g/mol. The molecule has 0 fully saturated rings. The van der Waals surface area contributed by atoms with Gasteiger partial charge in [-0.15, -0.1) is 0 Å². The van der Waals surface area contributed by atoms with Crippen molar-refractivity contribution in [2.45, 2.75) is 26.8 Å². The molecule has 0 aliphatic heterocycles. The normalized spacial score (nSPS) is 11.6. The highest BCUT2D eigenvalue weighted by Gasteiger charge is 2.18. The molecule has 0 aromatic carbocycles. The Hall–Kier alpha value is -2.11. The molecule has 1 atom stereocenters. The van der Waals surface area contributed by atoms with Crippen LogP contribution in [0.25, 0.3) is 0 Å². The summed E-state index contributed by atoms with van der Waals surface area (Å²) >= 11 is 0. The van der Waals surface area contributed by atoms with Crippen LogP contribution in [-0.4, -0.2) is 47.9 Å². The van der Waals surface area contributed by atoms with E-state index in [0.717, 1.165) is 0 Å². The maximum absolute atomic E-state index is 12.2. The van der Waals surface area contributed by atoms with Crippen molar-refractivity contribution >= 4 is 17.5 Å². The molecule has 2 amide bonds. The number of likely N-dealkylation sites (N-methyl/N-ethyl adjacent to an activating group) is 1. The highest BCUT2D eigenvalue weighted by molar-refractivity contribution is 5.93. The standard InChI is InChI=1S/C14H22N4O2/c1-5-18(6-2)14(20)10(3)17-11-7-8-16-12(9-11)13(19)15-4/h7-10H,5-6H2,1-4H3,(H,15,19)(H,16,17). The van der Waals surface area contributed by atoms with Crippen LogP contribution in [0, 0.1) is 0 Å². The Labute approximate surface area is 119 Å². The number of aromatic nitrogens is 1. The van der Waals surface area contributed by atoms with Crippen molar-refractivity contribution in [1.29, 1.82) is 0 Å². The third kappa shape index (κ3) is 3.94. The number of amides is 2. The molecule has 110 valence electrons. The van der Waals surface area contributed by atoms with Crippen LogP contribution in [0.4, 0.5) is 5.69 Å². The minimum Gasteiger partial charge on any atom is -0.374 e. The Morgan fingerprint density at radius 2 is 2.00 bits per heavy atom. The number of carbonyl (C=O) groups excluding carboxylic acids is 2. The van der Waals surface area contributed by atoms with Crippen molar-refractivity contribution in [2.75, 3.05) is 25.5 Å². The highest BCUT2D eigenvalue weighted by atomic mass is 16.2.